The molecule has 0 radical (unpaired) electrons. The average molecular weight is 419 g/mol. The van der Waals surface area contributed by atoms with Gasteiger partial charge in [-0.2, -0.15) is 0 Å². The summed E-state index contributed by atoms with van der Waals surface area (Å²) in [5, 5.41) is 5.36. The number of hydrogen-bond donors (Lipinski definition) is 2. The monoisotopic (exact) mass is 418 g/mol. The number of nitrogens with one attached hydrogen (secondary N) is 2. The van der Waals surface area contributed by atoms with Crippen molar-refractivity contribution in [1.82, 2.24) is 5.32 Å². The Labute approximate surface area is 160 Å². The highest BCUT2D eigenvalue weighted by atomic mass is 79.9. The molecule has 2 aromatic rings. The number of carbonyl (C=O) groups is 3. The molecular weight excluding hydrogens is 400 g/mol. The molecule has 2 rings (SSSR count). The topological polar surface area (TPSA) is 84.5 Å². The van der Waals surface area contributed by atoms with Crippen LogP contribution in [0.3, 0.4) is 0 Å². The highest BCUT2D eigenvalue weighted by Gasteiger charge is 2.14. The van der Waals surface area contributed by atoms with Gasteiger partial charge < -0.3 is 15.4 Å². The van der Waals surface area contributed by atoms with Crippen LogP contribution in [0.25, 0.3) is 0 Å². The largest absolute Gasteiger partial charge is 0.465 e. The molecule has 6 nitrogen and oxygen atoms in total. The summed E-state index contributed by atoms with van der Waals surface area (Å²) in [5.41, 5.74) is 2.07. The van der Waals surface area contributed by atoms with Gasteiger partial charge in [0.15, 0.2) is 0 Å². The van der Waals surface area contributed by atoms with Crippen LogP contribution in [0.5, 0.6) is 0 Å². The number of ether oxygens (including phenoxy) is 1. The van der Waals surface area contributed by atoms with E-state index in [-0.39, 0.29) is 24.8 Å². The van der Waals surface area contributed by atoms with Crippen molar-refractivity contribution in [2.45, 2.75) is 13.3 Å². The molecular formula is C19H19BrN2O4. The second kappa shape index (κ2) is 9.15. The first-order valence-electron chi connectivity index (χ1n) is 7.93. The zero-order chi connectivity index (χ0) is 19.1. The lowest BCUT2D eigenvalue weighted by atomic mass is 10.1. The van der Waals surface area contributed by atoms with Gasteiger partial charge in [-0.25, -0.2) is 4.79 Å². The van der Waals surface area contributed by atoms with Crippen LogP contribution in [0.4, 0.5) is 5.69 Å². The maximum Gasteiger partial charge on any atom is 0.339 e. The predicted octanol–water partition coefficient (Wildman–Crippen LogP) is 3.30. The van der Waals surface area contributed by atoms with Crippen molar-refractivity contribution in [3.63, 3.8) is 0 Å². The van der Waals surface area contributed by atoms with Gasteiger partial charge in [0.05, 0.1) is 18.4 Å². The lowest BCUT2D eigenvalue weighted by Gasteiger charge is -2.11. The molecule has 0 aliphatic carbocycles. The zero-order valence-corrected chi connectivity index (χ0v) is 16.1. The van der Waals surface area contributed by atoms with E-state index in [1.807, 2.05) is 6.92 Å². The van der Waals surface area contributed by atoms with Crippen LogP contribution >= 0.6 is 15.9 Å². The number of carbonyl (C=O) groups excluding carboxylic acids is 3. The smallest absolute Gasteiger partial charge is 0.339 e. The number of amides is 2. The molecule has 0 spiro atoms. The fourth-order valence-corrected chi connectivity index (χ4v) is 2.52. The number of rotatable bonds is 6. The molecule has 2 aromatic carbocycles. The Hall–Kier alpha value is -2.67. The molecule has 2 amide bonds. The molecule has 0 aliphatic rings. The predicted molar refractivity (Wildman–Crippen MR) is 102 cm³/mol. The van der Waals surface area contributed by atoms with Gasteiger partial charge in [0.25, 0.3) is 5.91 Å². The highest BCUT2D eigenvalue weighted by Crippen LogP contribution is 2.18. The Morgan fingerprint density at radius 1 is 1.08 bits per heavy atom. The molecule has 136 valence electrons. The van der Waals surface area contributed by atoms with Crippen molar-refractivity contribution in [2.75, 3.05) is 19.0 Å². The number of hydrogen-bond acceptors (Lipinski definition) is 4. The van der Waals surface area contributed by atoms with Gasteiger partial charge in [-0.15, -0.1) is 0 Å². The fourth-order valence-electron chi connectivity index (χ4n) is 2.25. The second-order valence-corrected chi connectivity index (χ2v) is 6.52. The Balaban J connectivity index is 1.90. The van der Waals surface area contributed by atoms with Crippen LogP contribution < -0.4 is 10.6 Å². The lowest BCUT2D eigenvalue weighted by molar-refractivity contribution is -0.116. The van der Waals surface area contributed by atoms with E-state index in [4.69, 9.17) is 4.74 Å². The summed E-state index contributed by atoms with van der Waals surface area (Å²) in [7, 11) is 1.29. The van der Waals surface area contributed by atoms with Crippen LogP contribution in [0.1, 0.15) is 32.7 Å². The molecule has 0 fully saturated rings. The van der Waals surface area contributed by atoms with Crippen LogP contribution in [-0.4, -0.2) is 31.4 Å². The summed E-state index contributed by atoms with van der Waals surface area (Å²) in [6.45, 7) is 2.02. The molecule has 0 aliphatic heterocycles. The number of methoxy groups -OCH3 is 1. The third-order valence-corrected chi connectivity index (χ3v) is 4.13. The van der Waals surface area contributed by atoms with Gasteiger partial charge in [0.2, 0.25) is 5.91 Å². The fraction of sp³-hybridized carbons (Fsp3) is 0.211. The maximum absolute atomic E-state index is 12.1. The van der Waals surface area contributed by atoms with Crippen LogP contribution in [-0.2, 0) is 9.53 Å². The van der Waals surface area contributed by atoms with Crippen molar-refractivity contribution in [1.29, 1.82) is 0 Å². The molecule has 0 saturated carbocycles. The number of halogens is 1. The van der Waals surface area contributed by atoms with E-state index in [1.54, 1.807) is 42.5 Å². The summed E-state index contributed by atoms with van der Waals surface area (Å²) >= 11 is 3.31. The van der Waals surface area contributed by atoms with Crippen molar-refractivity contribution >= 4 is 39.4 Å². The van der Waals surface area contributed by atoms with Gasteiger partial charge in [-0.1, -0.05) is 27.6 Å². The van der Waals surface area contributed by atoms with Gasteiger partial charge in [0, 0.05) is 23.0 Å². The molecule has 7 heteroatoms. The van der Waals surface area contributed by atoms with Crippen molar-refractivity contribution < 1.29 is 19.1 Å². The third-order valence-electron chi connectivity index (χ3n) is 3.60. The van der Waals surface area contributed by atoms with E-state index in [2.05, 4.69) is 26.6 Å². The van der Waals surface area contributed by atoms with Crippen molar-refractivity contribution in [3.05, 3.63) is 63.6 Å². The molecule has 2 N–H and O–H groups in total. The van der Waals surface area contributed by atoms with E-state index in [0.29, 0.717) is 16.8 Å². The summed E-state index contributed by atoms with van der Waals surface area (Å²) in [6.07, 6.45) is 0.0801. The van der Waals surface area contributed by atoms with Crippen molar-refractivity contribution in [2.24, 2.45) is 0 Å². The summed E-state index contributed by atoms with van der Waals surface area (Å²) in [6, 6.07) is 12.0. The molecule has 0 aromatic heterocycles. The third kappa shape index (κ3) is 5.42. The van der Waals surface area contributed by atoms with Crippen LogP contribution in [0, 0.1) is 6.92 Å². The maximum atomic E-state index is 12.1. The lowest BCUT2D eigenvalue weighted by Crippen LogP contribution is -2.27. The van der Waals surface area contributed by atoms with Gasteiger partial charge in [0.1, 0.15) is 0 Å². The minimum Gasteiger partial charge on any atom is -0.465 e. The van der Waals surface area contributed by atoms with E-state index < -0.39 is 5.97 Å². The standard InChI is InChI=1S/C19H19BrN2O4/c1-12-3-8-16(15(11-12)19(25)26-2)22-17(23)9-10-21-18(24)13-4-6-14(20)7-5-13/h3-8,11H,9-10H2,1-2H3,(H,21,24)(H,22,23). The quantitative estimate of drug-likeness (QED) is 0.704. The highest BCUT2D eigenvalue weighted by molar-refractivity contribution is 9.10. The zero-order valence-electron chi connectivity index (χ0n) is 14.5. The minimum atomic E-state index is -0.521. The number of aryl methyl sites for hydroxylation is 1. The van der Waals surface area contributed by atoms with Gasteiger partial charge in [-0.3, -0.25) is 9.59 Å². The van der Waals surface area contributed by atoms with Crippen LogP contribution in [0.2, 0.25) is 0 Å². The first-order valence-corrected chi connectivity index (χ1v) is 8.72. The van der Waals surface area contributed by atoms with E-state index in [9.17, 15) is 14.4 Å². The minimum absolute atomic E-state index is 0.0801. The first-order chi connectivity index (χ1) is 12.4. The number of benzene rings is 2. The molecule has 0 unspecified atom stereocenters. The molecule has 0 saturated heterocycles. The Morgan fingerprint density at radius 2 is 1.77 bits per heavy atom. The van der Waals surface area contributed by atoms with Gasteiger partial charge >= 0.3 is 5.97 Å². The van der Waals surface area contributed by atoms with Crippen LogP contribution in [0.15, 0.2) is 46.9 Å². The average Bonchev–Trinajstić information content (AvgIpc) is 2.63. The summed E-state index contributed by atoms with van der Waals surface area (Å²) in [4.78, 5) is 35.9. The summed E-state index contributed by atoms with van der Waals surface area (Å²) < 4.78 is 5.62. The first kappa shape index (κ1) is 19.7. The molecule has 0 heterocycles. The van der Waals surface area contributed by atoms with Crippen molar-refractivity contribution in [3.8, 4) is 0 Å². The Kier molecular flexibility index (Phi) is 6.91. The SMILES string of the molecule is COC(=O)c1cc(C)ccc1NC(=O)CCNC(=O)c1ccc(Br)cc1. The normalized spacial score (nSPS) is 10.1. The molecule has 0 atom stereocenters. The van der Waals surface area contributed by atoms with E-state index in [0.717, 1.165) is 10.0 Å². The molecule has 0 bridgehead atoms. The Morgan fingerprint density at radius 3 is 2.42 bits per heavy atom. The Bertz CT molecular complexity index is 819. The molecule has 26 heavy (non-hydrogen) atoms. The summed E-state index contributed by atoms with van der Waals surface area (Å²) in [5.74, 6) is -1.08. The van der Waals surface area contributed by atoms with E-state index >= 15 is 0 Å². The van der Waals surface area contributed by atoms with Gasteiger partial charge in [-0.05, 0) is 43.3 Å². The number of esters is 1. The van der Waals surface area contributed by atoms with E-state index in [1.165, 1.54) is 7.11 Å². The number of anilines is 1. The second-order valence-electron chi connectivity index (χ2n) is 5.60.